The van der Waals surface area contributed by atoms with Gasteiger partial charge in [-0.1, -0.05) is 6.92 Å². The number of hydrogen-bond donors (Lipinski definition) is 1. The van der Waals surface area contributed by atoms with E-state index in [0.717, 1.165) is 5.56 Å². The summed E-state index contributed by atoms with van der Waals surface area (Å²) in [7, 11) is 0. The molecule has 1 aromatic carbocycles. The highest BCUT2D eigenvalue weighted by molar-refractivity contribution is 7.71. The number of halogens is 2. The molecule has 0 unspecified atom stereocenters. The van der Waals surface area contributed by atoms with E-state index >= 15 is 0 Å². The van der Waals surface area contributed by atoms with E-state index in [0.29, 0.717) is 17.0 Å². The molecule has 0 aliphatic heterocycles. The van der Waals surface area contributed by atoms with E-state index in [1.807, 2.05) is 6.92 Å². The molecule has 1 aromatic heterocycles. The second-order valence-electron chi connectivity index (χ2n) is 3.80. The van der Waals surface area contributed by atoms with E-state index < -0.39 is 6.61 Å². The average Bonchev–Trinajstić information content (AvgIpc) is 2.78. The van der Waals surface area contributed by atoms with Crippen LogP contribution in [0.4, 0.5) is 8.78 Å². The molecule has 0 aliphatic rings. The van der Waals surface area contributed by atoms with Gasteiger partial charge in [0.05, 0.1) is 6.21 Å². The molecule has 0 atom stereocenters. The smallest absolute Gasteiger partial charge is 0.387 e. The number of rotatable bonds is 5. The Balaban J connectivity index is 2.15. The molecule has 0 spiro atoms. The van der Waals surface area contributed by atoms with Gasteiger partial charge in [0.1, 0.15) is 5.75 Å². The van der Waals surface area contributed by atoms with Crippen molar-refractivity contribution < 1.29 is 13.5 Å². The van der Waals surface area contributed by atoms with Gasteiger partial charge in [-0.25, -0.2) is 0 Å². The predicted octanol–water partition coefficient (Wildman–Crippen LogP) is 2.99. The summed E-state index contributed by atoms with van der Waals surface area (Å²) in [6.45, 7) is -0.890. The molecule has 0 radical (unpaired) electrons. The number of alkyl halides is 2. The molecule has 0 bridgehead atoms. The Labute approximate surface area is 118 Å². The van der Waals surface area contributed by atoms with Crippen LogP contribution in [-0.4, -0.2) is 27.7 Å². The van der Waals surface area contributed by atoms with Crippen molar-refractivity contribution in [2.45, 2.75) is 20.0 Å². The Morgan fingerprint density at radius 1 is 1.45 bits per heavy atom. The van der Waals surface area contributed by atoms with Crippen molar-refractivity contribution in [3.8, 4) is 5.75 Å². The van der Waals surface area contributed by atoms with Crippen LogP contribution in [0.15, 0.2) is 29.4 Å². The van der Waals surface area contributed by atoms with E-state index in [1.54, 1.807) is 18.3 Å². The van der Waals surface area contributed by atoms with Gasteiger partial charge in [-0.2, -0.15) is 23.7 Å². The zero-order valence-electron chi connectivity index (χ0n) is 10.6. The maximum Gasteiger partial charge on any atom is 0.387 e. The molecule has 0 fully saturated rings. The summed E-state index contributed by atoms with van der Waals surface area (Å²) in [4.78, 5) is 0. The molecule has 0 aliphatic carbocycles. The van der Waals surface area contributed by atoms with Crippen molar-refractivity contribution >= 4 is 18.4 Å². The molecule has 106 valence electrons. The number of aromatic nitrogens is 3. The van der Waals surface area contributed by atoms with Gasteiger partial charge in [-0.05, 0) is 42.0 Å². The van der Waals surface area contributed by atoms with Crippen LogP contribution in [0.2, 0.25) is 0 Å². The van der Waals surface area contributed by atoms with Gasteiger partial charge in [0.15, 0.2) is 5.82 Å². The molecule has 2 aromatic rings. The summed E-state index contributed by atoms with van der Waals surface area (Å²) in [5.74, 6) is 0.815. The Morgan fingerprint density at radius 2 is 2.15 bits per heavy atom. The second-order valence-corrected chi connectivity index (χ2v) is 4.19. The predicted molar refractivity (Wildman–Crippen MR) is 72.9 cm³/mol. The van der Waals surface area contributed by atoms with Gasteiger partial charge in [-0.3, -0.25) is 5.10 Å². The third kappa shape index (κ3) is 3.47. The summed E-state index contributed by atoms with van der Waals surface area (Å²) >= 11 is 5.05. The molecule has 5 nitrogen and oxygen atoms in total. The fraction of sp³-hybridized carbons (Fsp3) is 0.250. The summed E-state index contributed by atoms with van der Waals surface area (Å²) in [5, 5.41) is 10.9. The molecule has 1 N–H and O–H groups in total. The van der Waals surface area contributed by atoms with E-state index in [4.69, 9.17) is 12.2 Å². The van der Waals surface area contributed by atoms with Gasteiger partial charge in [0.2, 0.25) is 4.77 Å². The first-order chi connectivity index (χ1) is 9.60. The van der Waals surface area contributed by atoms with Gasteiger partial charge < -0.3 is 4.74 Å². The monoisotopic (exact) mass is 298 g/mol. The lowest BCUT2D eigenvalue weighted by atomic mass is 10.2. The molecule has 8 heteroatoms. The normalized spacial score (nSPS) is 11.4. The molecular weight excluding hydrogens is 286 g/mol. The van der Waals surface area contributed by atoms with Crippen LogP contribution in [0, 0.1) is 4.77 Å². The number of H-pyrrole nitrogens is 1. The van der Waals surface area contributed by atoms with Crippen molar-refractivity contribution in [2.24, 2.45) is 5.10 Å². The average molecular weight is 298 g/mol. The Kier molecular flexibility index (Phi) is 4.57. The van der Waals surface area contributed by atoms with Crippen LogP contribution in [0.5, 0.6) is 5.75 Å². The lowest BCUT2D eigenvalue weighted by molar-refractivity contribution is -0.0498. The number of ether oxygens (including phenoxy) is 1. The van der Waals surface area contributed by atoms with Gasteiger partial charge in [-0.15, -0.1) is 0 Å². The maximum absolute atomic E-state index is 12.0. The van der Waals surface area contributed by atoms with Crippen LogP contribution in [0.25, 0.3) is 0 Å². The summed E-state index contributed by atoms with van der Waals surface area (Å²) in [5.41, 5.74) is 0.733. The standard InChI is InChI=1S/C12H12F2N4OS/c1-2-10-16-17-12(20)18(10)15-7-8-3-5-9(6-4-8)19-11(13)14/h3-7,11H,2H2,1H3,(H,17,20)/b15-7+. The minimum atomic E-state index is -2.83. The molecule has 0 saturated heterocycles. The van der Waals surface area contributed by atoms with E-state index in [2.05, 4.69) is 20.0 Å². The SMILES string of the molecule is CCc1n[nH]c(=S)n1/N=C/c1ccc(OC(F)F)cc1. The van der Waals surface area contributed by atoms with Crippen molar-refractivity contribution in [1.82, 2.24) is 14.9 Å². The lowest BCUT2D eigenvalue weighted by Gasteiger charge is -2.03. The highest BCUT2D eigenvalue weighted by Crippen LogP contribution is 2.14. The molecule has 1 heterocycles. The van der Waals surface area contributed by atoms with Gasteiger partial charge in [0.25, 0.3) is 0 Å². The van der Waals surface area contributed by atoms with E-state index in [1.165, 1.54) is 16.8 Å². The summed E-state index contributed by atoms with van der Waals surface area (Å²) in [6, 6.07) is 6.14. The van der Waals surface area contributed by atoms with Gasteiger partial charge >= 0.3 is 6.61 Å². The number of aryl methyl sites for hydroxylation is 1. The van der Waals surface area contributed by atoms with Crippen LogP contribution in [0.3, 0.4) is 0 Å². The summed E-state index contributed by atoms with van der Waals surface area (Å²) in [6.07, 6.45) is 2.25. The van der Waals surface area contributed by atoms with Crippen molar-refractivity contribution in [3.63, 3.8) is 0 Å². The maximum atomic E-state index is 12.0. The van der Waals surface area contributed by atoms with E-state index in [9.17, 15) is 8.78 Å². The highest BCUT2D eigenvalue weighted by atomic mass is 32.1. The minimum absolute atomic E-state index is 0.103. The Bertz CT molecular complexity index is 648. The zero-order valence-corrected chi connectivity index (χ0v) is 11.4. The molecule has 0 saturated carbocycles. The quantitative estimate of drug-likeness (QED) is 0.682. The fourth-order valence-electron chi connectivity index (χ4n) is 1.53. The Hall–Kier alpha value is -2.09. The number of hydrogen-bond acceptors (Lipinski definition) is 4. The van der Waals surface area contributed by atoms with Crippen LogP contribution >= 0.6 is 12.2 Å². The first kappa shape index (κ1) is 14.3. The van der Waals surface area contributed by atoms with Gasteiger partial charge in [0, 0.05) is 6.42 Å². The number of aromatic amines is 1. The summed E-state index contributed by atoms with van der Waals surface area (Å²) < 4.78 is 30.2. The van der Waals surface area contributed by atoms with Crippen LogP contribution < -0.4 is 4.74 Å². The molecular formula is C12H12F2N4OS. The fourth-order valence-corrected chi connectivity index (χ4v) is 1.73. The van der Waals surface area contributed by atoms with Crippen LogP contribution in [0.1, 0.15) is 18.3 Å². The van der Waals surface area contributed by atoms with Crippen LogP contribution in [-0.2, 0) is 6.42 Å². The van der Waals surface area contributed by atoms with Crippen molar-refractivity contribution in [2.75, 3.05) is 0 Å². The highest BCUT2D eigenvalue weighted by Gasteiger charge is 2.03. The topological polar surface area (TPSA) is 55.2 Å². The first-order valence-electron chi connectivity index (χ1n) is 5.85. The molecule has 2 rings (SSSR count). The zero-order chi connectivity index (χ0) is 14.5. The second kappa shape index (κ2) is 6.38. The minimum Gasteiger partial charge on any atom is -0.435 e. The van der Waals surface area contributed by atoms with E-state index in [-0.39, 0.29) is 5.75 Å². The number of nitrogens with zero attached hydrogens (tertiary/aromatic N) is 3. The third-order valence-corrected chi connectivity index (χ3v) is 2.73. The molecule has 0 amide bonds. The molecule has 20 heavy (non-hydrogen) atoms. The lowest BCUT2D eigenvalue weighted by Crippen LogP contribution is -2.01. The first-order valence-corrected chi connectivity index (χ1v) is 6.26. The Morgan fingerprint density at radius 3 is 2.75 bits per heavy atom. The van der Waals surface area contributed by atoms with Crippen molar-refractivity contribution in [3.05, 3.63) is 40.4 Å². The third-order valence-electron chi connectivity index (χ3n) is 2.46. The number of nitrogens with one attached hydrogen (secondary N) is 1. The number of benzene rings is 1. The van der Waals surface area contributed by atoms with Crippen molar-refractivity contribution in [1.29, 1.82) is 0 Å². The largest absolute Gasteiger partial charge is 0.435 e.